The van der Waals surface area contributed by atoms with Crippen LogP contribution < -0.4 is 0 Å². The summed E-state index contributed by atoms with van der Waals surface area (Å²) in [5, 5.41) is 29.2. The Kier molecular flexibility index (Phi) is 8.65. The molecule has 1 aliphatic heterocycles. The standard InChI is InChI=1S/C24H33NO4/c26-17-22-24(28)23(27)13-15-25(22)14-5-2-6-16-29-18-19-9-11-21(12-10-19)20-7-3-1-4-8-20/h1,3-4,7-12,22-24,26-28H,2,5-6,13-18H2/t22-,23+,24+/m0/s1. The molecule has 0 spiro atoms. The van der Waals surface area contributed by atoms with Gasteiger partial charge in [0.1, 0.15) is 0 Å². The second-order valence-electron chi connectivity index (χ2n) is 7.81. The SMILES string of the molecule is OC[C@H]1[C@@H](O)[C@H](O)CCN1CCCCCOCc1ccc(-c2ccccc2)cc1. The maximum atomic E-state index is 10.00. The molecule has 0 aromatic heterocycles. The second kappa shape index (κ2) is 11.4. The Morgan fingerprint density at radius 3 is 2.34 bits per heavy atom. The highest BCUT2D eigenvalue weighted by atomic mass is 16.5. The third-order valence-corrected chi connectivity index (χ3v) is 5.72. The van der Waals surface area contributed by atoms with Crippen LogP contribution in [0, 0.1) is 0 Å². The fourth-order valence-corrected chi connectivity index (χ4v) is 3.92. The molecule has 158 valence electrons. The fourth-order valence-electron chi connectivity index (χ4n) is 3.92. The molecule has 0 radical (unpaired) electrons. The molecule has 0 aliphatic carbocycles. The van der Waals surface area contributed by atoms with Crippen molar-refractivity contribution in [2.24, 2.45) is 0 Å². The molecule has 2 aromatic carbocycles. The minimum absolute atomic E-state index is 0.121. The number of hydrogen-bond acceptors (Lipinski definition) is 5. The van der Waals surface area contributed by atoms with E-state index in [0.717, 1.165) is 39.0 Å². The molecule has 29 heavy (non-hydrogen) atoms. The first-order chi connectivity index (χ1) is 14.2. The van der Waals surface area contributed by atoms with Crippen LogP contribution in [-0.2, 0) is 11.3 Å². The van der Waals surface area contributed by atoms with Crippen LogP contribution in [0.1, 0.15) is 31.2 Å². The van der Waals surface area contributed by atoms with Crippen LogP contribution in [0.25, 0.3) is 11.1 Å². The summed E-state index contributed by atoms with van der Waals surface area (Å²) in [6.45, 7) is 2.78. The quantitative estimate of drug-likeness (QED) is 0.536. The van der Waals surface area contributed by atoms with E-state index in [1.165, 1.54) is 16.7 Å². The van der Waals surface area contributed by atoms with Crippen LogP contribution in [0.2, 0.25) is 0 Å². The van der Waals surface area contributed by atoms with Crippen molar-refractivity contribution in [3.63, 3.8) is 0 Å². The number of ether oxygens (including phenoxy) is 1. The monoisotopic (exact) mass is 399 g/mol. The number of piperidine rings is 1. The zero-order chi connectivity index (χ0) is 20.5. The van der Waals surface area contributed by atoms with Gasteiger partial charge < -0.3 is 20.1 Å². The molecule has 0 unspecified atom stereocenters. The summed E-state index contributed by atoms with van der Waals surface area (Å²) < 4.78 is 5.80. The van der Waals surface area contributed by atoms with Gasteiger partial charge in [-0.05, 0) is 48.9 Å². The minimum Gasteiger partial charge on any atom is -0.395 e. The number of rotatable bonds is 10. The van der Waals surface area contributed by atoms with E-state index in [1.54, 1.807) is 0 Å². The van der Waals surface area contributed by atoms with Gasteiger partial charge in [0.15, 0.2) is 0 Å². The topological polar surface area (TPSA) is 73.2 Å². The Morgan fingerprint density at radius 2 is 1.62 bits per heavy atom. The van der Waals surface area contributed by atoms with Gasteiger partial charge in [-0.2, -0.15) is 0 Å². The number of likely N-dealkylation sites (tertiary alicyclic amines) is 1. The van der Waals surface area contributed by atoms with Crippen LogP contribution >= 0.6 is 0 Å². The van der Waals surface area contributed by atoms with Crippen LogP contribution in [-0.4, -0.2) is 64.8 Å². The van der Waals surface area contributed by atoms with Gasteiger partial charge in [0.25, 0.3) is 0 Å². The van der Waals surface area contributed by atoms with Crippen LogP contribution in [0.15, 0.2) is 54.6 Å². The zero-order valence-corrected chi connectivity index (χ0v) is 17.0. The molecule has 1 heterocycles. The Balaban J connectivity index is 1.29. The van der Waals surface area contributed by atoms with Gasteiger partial charge in [0.05, 0.1) is 31.5 Å². The summed E-state index contributed by atoms with van der Waals surface area (Å²) in [7, 11) is 0. The Labute approximate surface area is 173 Å². The molecule has 1 saturated heterocycles. The number of unbranched alkanes of at least 4 members (excludes halogenated alkanes) is 2. The van der Waals surface area contributed by atoms with E-state index in [4.69, 9.17) is 4.74 Å². The van der Waals surface area contributed by atoms with Crippen molar-refractivity contribution in [3.05, 3.63) is 60.2 Å². The average molecular weight is 400 g/mol. The third kappa shape index (κ3) is 6.36. The van der Waals surface area contributed by atoms with Gasteiger partial charge in [0, 0.05) is 13.2 Å². The lowest BCUT2D eigenvalue weighted by Crippen LogP contribution is -2.56. The Hall–Kier alpha value is -1.76. The first kappa shape index (κ1) is 21.9. The molecule has 3 rings (SSSR count). The first-order valence-electron chi connectivity index (χ1n) is 10.6. The highest BCUT2D eigenvalue weighted by Crippen LogP contribution is 2.20. The van der Waals surface area contributed by atoms with E-state index in [2.05, 4.69) is 41.3 Å². The largest absolute Gasteiger partial charge is 0.395 e. The van der Waals surface area contributed by atoms with E-state index >= 15 is 0 Å². The molecule has 0 bridgehead atoms. The van der Waals surface area contributed by atoms with Crippen molar-refractivity contribution < 1.29 is 20.1 Å². The van der Waals surface area contributed by atoms with E-state index in [9.17, 15) is 15.3 Å². The van der Waals surface area contributed by atoms with Gasteiger partial charge >= 0.3 is 0 Å². The summed E-state index contributed by atoms with van der Waals surface area (Å²) in [5.41, 5.74) is 3.61. The van der Waals surface area contributed by atoms with Crippen molar-refractivity contribution >= 4 is 0 Å². The molecule has 3 atom stereocenters. The van der Waals surface area contributed by atoms with Gasteiger partial charge in [-0.15, -0.1) is 0 Å². The summed E-state index contributed by atoms with van der Waals surface area (Å²) in [6, 6.07) is 18.5. The van der Waals surface area contributed by atoms with Crippen molar-refractivity contribution in [1.29, 1.82) is 0 Å². The van der Waals surface area contributed by atoms with Gasteiger partial charge in [-0.3, -0.25) is 4.90 Å². The molecule has 1 fully saturated rings. The number of nitrogens with zero attached hydrogens (tertiary/aromatic N) is 1. The van der Waals surface area contributed by atoms with Crippen LogP contribution in [0.4, 0.5) is 0 Å². The molecule has 3 N–H and O–H groups in total. The maximum Gasteiger partial charge on any atom is 0.0976 e. The van der Waals surface area contributed by atoms with Gasteiger partial charge in [-0.1, -0.05) is 54.6 Å². The minimum atomic E-state index is -0.856. The fraction of sp³-hybridized carbons (Fsp3) is 0.500. The van der Waals surface area contributed by atoms with Crippen LogP contribution in [0.3, 0.4) is 0 Å². The molecule has 5 nitrogen and oxygen atoms in total. The van der Waals surface area contributed by atoms with E-state index in [1.807, 2.05) is 18.2 Å². The number of benzene rings is 2. The van der Waals surface area contributed by atoms with Crippen molar-refractivity contribution in [2.75, 3.05) is 26.3 Å². The molecule has 0 saturated carbocycles. The normalized spacial score (nSPS) is 22.7. The molecule has 1 aliphatic rings. The lowest BCUT2D eigenvalue weighted by molar-refractivity contribution is -0.0897. The molecule has 5 heteroatoms. The lowest BCUT2D eigenvalue weighted by atomic mass is 9.96. The van der Waals surface area contributed by atoms with Crippen molar-refractivity contribution in [1.82, 2.24) is 4.90 Å². The van der Waals surface area contributed by atoms with Crippen LogP contribution in [0.5, 0.6) is 0 Å². The summed E-state index contributed by atoms with van der Waals surface area (Å²) in [4.78, 5) is 2.09. The molecular formula is C24H33NO4. The summed E-state index contributed by atoms with van der Waals surface area (Å²) in [5.74, 6) is 0. The Bertz CT molecular complexity index is 707. The number of hydrogen-bond donors (Lipinski definition) is 3. The number of aliphatic hydroxyl groups is 3. The Morgan fingerprint density at radius 1 is 0.897 bits per heavy atom. The molecule has 2 aromatic rings. The van der Waals surface area contributed by atoms with Gasteiger partial charge in [0.2, 0.25) is 0 Å². The summed E-state index contributed by atoms with van der Waals surface area (Å²) >= 11 is 0. The summed E-state index contributed by atoms with van der Waals surface area (Å²) in [6.07, 6.45) is 2.01. The first-order valence-corrected chi connectivity index (χ1v) is 10.6. The lowest BCUT2D eigenvalue weighted by Gasteiger charge is -2.40. The maximum absolute atomic E-state index is 10.00. The highest BCUT2D eigenvalue weighted by Gasteiger charge is 2.34. The molecular weight excluding hydrogens is 366 g/mol. The second-order valence-corrected chi connectivity index (χ2v) is 7.81. The smallest absolute Gasteiger partial charge is 0.0976 e. The van der Waals surface area contributed by atoms with E-state index in [0.29, 0.717) is 13.0 Å². The van der Waals surface area contributed by atoms with Gasteiger partial charge in [-0.25, -0.2) is 0 Å². The third-order valence-electron chi connectivity index (χ3n) is 5.72. The number of aliphatic hydroxyl groups excluding tert-OH is 3. The van der Waals surface area contributed by atoms with E-state index < -0.39 is 12.2 Å². The highest BCUT2D eigenvalue weighted by molar-refractivity contribution is 5.63. The van der Waals surface area contributed by atoms with E-state index in [-0.39, 0.29) is 12.6 Å². The molecule has 0 amide bonds. The zero-order valence-electron chi connectivity index (χ0n) is 17.0. The predicted molar refractivity (Wildman–Crippen MR) is 114 cm³/mol. The average Bonchev–Trinajstić information content (AvgIpc) is 2.76. The van der Waals surface area contributed by atoms with Crippen molar-refractivity contribution in [3.8, 4) is 11.1 Å². The predicted octanol–water partition coefficient (Wildman–Crippen LogP) is 2.83. The van der Waals surface area contributed by atoms with Crippen molar-refractivity contribution in [2.45, 2.75) is 50.5 Å².